The van der Waals surface area contributed by atoms with Crippen molar-refractivity contribution >= 4 is 44.7 Å². The molecule has 1 atom stereocenters. The predicted octanol–water partition coefficient (Wildman–Crippen LogP) is 4.20. The van der Waals surface area contributed by atoms with E-state index in [2.05, 4.69) is 0 Å². The Balaban J connectivity index is 1.85. The molecule has 0 aliphatic carbocycles. The van der Waals surface area contributed by atoms with Crippen molar-refractivity contribution in [2.45, 2.75) is 50.6 Å². The maximum absolute atomic E-state index is 13.3. The summed E-state index contributed by atoms with van der Waals surface area (Å²) in [5, 5.41) is 0. The molecule has 3 rings (SSSR count). The number of ketones is 1. The largest absolute Gasteiger partial charge is 0.336 e. The van der Waals surface area contributed by atoms with E-state index in [0.29, 0.717) is 42.4 Å². The first-order chi connectivity index (χ1) is 14.2. The van der Waals surface area contributed by atoms with Crippen LogP contribution in [0, 0.1) is 0 Å². The van der Waals surface area contributed by atoms with Crippen molar-refractivity contribution in [1.82, 2.24) is 9.21 Å². The fourth-order valence-corrected chi connectivity index (χ4v) is 6.37. The van der Waals surface area contributed by atoms with Crippen LogP contribution in [0.4, 0.5) is 0 Å². The Morgan fingerprint density at radius 1 is 1.17 bits per heavy atom. The minimum atomic E-state index is -3.85. The van der Waals surface area contributed by atoms with E-state index in [0.717, 1.165) is 11.3 Å². The van der Waals surface area contributed by atoms with Crippen LogP contribution in [0.1, 0.15) is 48.3 Å². The highest BCUT2D eigenvalue weighted by molar-refractivity contribution is 7.89. The number of nitrogens with zero attached hydrogens (tertiary/aromatic N) is 2. The van der Waals surface area contributed by atoms with Crippen molar-refractivity contribution in [3.63, 3.8) is 0 Å². The topological polar surface area (TPSA) is 74.8 Å². The number of likely N-dealkylation sites (N-methyl/N-ethyl adjacent to an activating group) is 1. The molecule has 6 nitrogen and oxygen atoms in total. The highest BCUT2D eigenvalue weighted by Gasteiger charge is 2.39. The number of carbonyl (C=O) groups is 2. The lowest BCUT2D eigenvalue weighted by atomic mass is 10.0. The number of Topliss-reactive ketones (excluding diaryl/α,β-unsaturated/α-hetero) is 1. The summed E-state index contributed by atoms with van der Waals surface area (Å²) in [7, 11) is -3.85. The van der Waals surface area contributed by atoms with Gasteiger partial charge in [-0.25, -0.2) is 8.42 Å². The number of sulfonamides is 1. The molecule has 0 N–H and O–H groups in total. The normalized spacial score (nSPS) is 17.6. The van der Waals surface area contributed by atoms with Gasteiger partial charge in [-0.05, 0) is 51.0 Å². The zero-order chi connectivity index (χ0) is 21.9. The van der Waals surface area contributed by atoms with Crippen molar-refractivity contribution in [3.8, 4) is 0 Å². The molecule has 1 aromatic carbocycles. The first-order valence-electron chi connectivity index (χ1n) is 9.90. The van der Waals surface area contributed by atoms with E-state index in [1.165, 1.54) is 46.8 Å². The van der Waals surface area contributed by atoms with Gasteiger partial charge in [-0.1, -0.05) is 30.2 Å². The van der Waals surface area contributed by atoms with Crippen molar-refractivity contribution in [3.05, 3.63) is 51.2 Å². The van der Waals surface area contributed by atoms with E-state index >= 15 is 0 Å². The smallest absolute Gasteiger partial charge is 0.243 e. The summed E-state index contributed by atoms with van der Waals surface area (Å²) in [6.07, 6.45) is 2.00. The van der Waals surface area contributed by atoms with Crippen LogP contribution in [0.15, 0.2) is 41.3 Å². The van der Waals surface area contributed by atoms with Gasteiger partial charge in [0.05, 0.1) is 15.8 Å². The Hall–Kier alpha value is -1.74. The van der Waals surface area contributed by atoms with Gasteiger partial charge in [0, 0.05) is 23.5 Å². The van der Waals surface area contributed by atoms with Gasteiger partial charge in [0.2, 0.25) is 15.9 Å². The molecule has 2 heterocycles. The SMILES string of the molecule is CCN(Cc1ccc(Cl)s1)C(=O)C1CCCCN1S(=O)(=O)c1ccc(C(C)=O)cc1. The summed E-state index contributed by atoms with van der Waals surface area (Å²) in [6.45, 7) is 4.50. The quantitative estimate of drug-likeness (QED) is 0.571. The van der Waals surface area contributed by atoms with Crippen molar-refractivity contribution in [1.29, 1.82) is 0 Å². The molecule has 0 spiro atoms. The molecule has 2 aromatic rings. The van der Waals surface area contributed by atoms with Gasteiger partial charge in [-0.15, -0.1) is 11.3 Å². The molecular formula is C21H25ClN2O4S2. The first kappa shape index (κ1) is 22.9. The predicted molar refractivity (Wildman–Crippen MR) is 118 cm³/mol. The second-order valence-electron chi connectivity index (χ2n) is 7.27. The number of hydrogen-bond donors (Lipinski definition) is 0. The number of halogens is 1. The van der Waals surface area contributed by atoms with Gasteiger partial charge < -0.3 is 4.90 Å². The Bertz CT molecular complexity index is 1020. The third-order valence-corrected chi connectivity index (χ3v) is 8.41. The van der Waals surface area contributed by atoms with E-state index in [4.69, 9.17) is 11.6 Å². The molecule has 162 valence electrons. The average molecular weight is 469 g/mol. The third-order valence-electron chi connectivity index (χ3n) is 5.28. The minimum absolute atomic E-state index is 0.0975. The van der Waals surface area contributed by atoms with Crippen LogP contribution in [-0.2, 0) is 21.4 Å². The molecule has 1 fully saturated rings. The van der Waals surface area contributed by atoms with Gasteiger partial charge in [-0.2, -0.15) is 4.31 Å². The summed E-state index contributed by atoms with van der Waals surface area (Å²) in [4.78, 5) is 27.5. The van der Waals surface area contributed by atoms with Crippen molar-refractivity contribution in [2.24, 2.45) is 0 Å². The number of carbonyl (C=O) groups excluding carboxylic acids is 2. The van der Waals surface area contributed by atoms with Crippen LogP contribution < -0.4 is 0 Å². The zero-order valence-corrected chi connectivity index (χ0v) is 19.4. The Morgan fingerprint density at radius 2 is 1.87 bits per heavy atom. The van der Waals surface area contributed by atoms with Gasteiger partial charge >= 0.3 is 0 Å². The minimum Gasteiger partial charge on any atom is -0.336 e. The summed E-state index contributed by atoms with van der Waals surface area (Å²) in [6, 6.07) is 8.84. The van der Waals surface area contributed by atoms with E-state index in [1.807, 2.05) is 13.0 Å². The number of thiophene rings is 1. The summed E-state index contributed by atoms with van der Waals surface area (Å²) in [5.74, 6) is -0.317. The molecular weight excluding hydrogens is 444 g/mol. The fraction of sp³-hybridized carbons (Fsp3) is 0.429. The first-order valence-corrected chi connectivity index (χ1v) is 12.5. The van der Waals surface area contributed by atoms with Crippen LogP contribution in [-0.4, -0.2) is 48.4 Å². The van der Waals surface area contributed by atoms with E-state index < -0.39 is 16.1 Å². The zero-order valence-electron chi connectivity index (χ0n) is 17.0. The van der Waals surface area contributed by atoms with Crippen molar-refractivity contribution in [2.75, 3.05) is 13.1 Å². The number of rotatable bonds is 7. The molecule has 1 unspecified atom stereocenters. The molecule has 1 aliphatic heterocycles. The van der Waals surface area contributed by atoms with E-state index in [-0.39, 0.29) is 16.6 Å². The molecule has 1 amide bonds. The molecule has 1 saturated heterocycles. The van der Waals surface area contributed by atoms with E-state index in [1.54, 1.807) is 11.0 Å². The molecule has 0 saturated carbocycles. The fourth-order valence-electron chi connectivity index (χ4n) is 3.62. The monoisotopic (exact) mass is 468 g/mol. The lowest BCUT2D eigenvalue weighted by Crippen LogP contribution is -2.52. The molecule has 1 aromatic heterocycles. The maximum Gasteiger partial charge on any atom is 0.243 e. The van der Waals surface area contributed by atoms with Gasteiger partial charge in [-0.3, -0.25) is 9.59 Å². The van der Waals surface area contributed by atoms with Gasteiger partial charge in [0.25, 0.3) is 0 Å². The van der Waals surface area contributed by atoms with E-state index in [9.17, 15) is 18.0 Å². The molecule has 1 aliphatic rings. The highest BCUT2D eigenvalue weighted by atomic mass is 35.5. The molecule has 30 heavy (non-hydrogen) atoms. The Morgan fingerprint density at radius 3 is 2.43 bits per heavy atom. The number of amides is 1. The van der Waals surface area contributed by atoms with Crippen LogP contribution in [0.3, 0.4) is 0 Å². The second-order valence-corrected chi connectivity index (χ2v) is 11.0. The molecule has 0 radical (unpaired) electrons. The Kier molecular flexibility index (Phi) is 7.34. The molecule has 9 heteroatoms. The van der Waals surface area contributed by atoms with Crippen molar-refractivity contribution < 1.29 is 18.0 Å². The lowest BCUT2D eigenvalue weighted by molar-refractivity contribution is -0.136. The van der Waals surface area contributed by atoms with Gasteiger partial charge in [0.1, 0.15) is 6.04 Å². The molecule has 0 bridgehead atoms. The lowest BCUT2D eigenvalue weighted by Gasteiger charge is -2.36. The standard InChI is InChI=1S/C21H25ClN2O4S2/c1-3-23(14-17-9-12-20(22)29-17)21(26)19-6-4-5-13-24(19)30(27,28)18-10-7-16(8-11-18)15(2)25/h7-12,19H,3-6,13-14H2,1-2H3. The Labute approximate surface area is 186 Å². The summed E-state index contributed by atoms with van der Waals surface area (Å²) < 4.78 is 28.6. The number of hydrogen-bond acceptors (Lipinski definition) is 5. The van der Waals surface area contributed by atoms with Crippen LogP contribution >= 0.6 is 22.9 Å². The van der Waals surface area contributed by atoms with Crippen LogP contribution in [0.2, 0.25) is 4.34 Å². The summed E-state index contributed by atoms with van der Waals surface area (Å²) >= 11 is 7.42. The van der Waals surface area contributed by atoms with Crippen LogP contribution in [0.25, 0.3) is 0 Å². The third kappa shape index (κ3) is 4.94. The highest BCUT2D eigenvalue weighted by Crippen LogP contribution is 2.28. The average Bonchev–Trinajstić information content (AvgIpc) is 3.16. The summed E-state index contributed by atoms with van der Waals surface area (Å²) in [5.41, 5.74) is 0.451. The number of benzene rings is 1. The second kappa shape index (κ2) is 9.60. The number of piperidine rings is 1. The van der Waals surface area contributed by atoms with Crippen LogP contribution in [0.5, 0.6) is 0 Å². The van der Waals surface area contributed by atoms with Gasteiger partial charge in [0.15, 0.2) is 5.78 Å². The maximum atomic E-state index is 13.3.